The molecule has 0 aromatic carbocycles. The molecule has 0 spiro atoms. The molecule has 2 rings (SSSR count). The molecule has 1 unspecified atom stereocenters. The van der Waals surface area contributed by atoms with E-state index in [2.05, 4.69) is 15.3 Å². The molecule has 1 aliphatic rings. The number of nitrogens with two attached hydrogens (primary N) is 1. The highest BCUT2D eigenvalue weighted by atomic mass is 35.5. The minimum Gasteiger partial charge on any atom is -0.368 e. The van der Waals surface area contributed by atoms with Crippen molar-refractivity contribution in [2.24, 2.45) is 0 Å². The largest absolute Gasteiger partial charge is 0.368 e. The number of nitrogens with zero attached hydrogens (tertiary/aromatic N) is 3. The molecular weight excluding hydrogens is 242 g/mol. The van der Waals surface area contributed by atoms with E-state index >= 15 is 0 Å². The summed E-state index contributed by atoms with van der Waals surface area (Å²) in [4.78, 5) is 21.5. The topological polar surface area (TPSA) is 84.1 Å². The molecule has 0 bridgehead atoms. The molecule has 0 aliphatic carbocycles. The summed E-state index contributed by atoms with van der Waals surface area (Å²) in [5.74, 6) is 0.660. The molecule has 2 heterocycles. The molecule has 1 amide bonds. The lowest BCUT2D eigenvalue weighted by Crippen LogP contribution is -2.42. The van der Waals surface area contributed by atoms with E-state index in [4.69, 9.17) is 17.3 Å². The van der Waals surface area contributed by atoms with Gasteiger partial charge in [-0.2, -0.15) is 4.98 Å². The first-order valence-electron chi connectivity index (χ1n) is 5.39. The average molecular weight is 256 g/mol. The molecule has 1 fully saturated rings. The van der Waals surface area contributed by atoms with Gasteiger partial charge in [0.2, 0.25) is 11.9 Å². The molecule has 7 heteroatoms. The lowest BCUT2D eigenvalue weighted by Gasteiger charge is -2.24. The van der Waals surface area contributed by atoms with Crippen molar-refractivity contribution in [2.45, 2.75) is 18.9 Å². The highest BCUT2D eigenvalue weighted by molar-refractivity contribution is 6.32. The first-order chi connectivity index (χ1) is 8.13. The smallest absolute Gasteiger partial charge is 0.242 e. The molecule has 0 saturated carbocycles. The van der Waals surface area contributed by atoms with Crippen LogP contribution in [0.3, 0.4) is 0 Å². The van der Waals surface area contributed by atoms with Crippen LogP contribution in [0.25, 0.3) is 0 Å². The Bertz CT molecular complexity index is 439. The summed E-state index contributed by atoms with van der Waals surface area (Å²) in [5.41, 5.74) is 5.54. The zero-order valence-electron chi connectivity index (χ0n) is 9.48. The fourth-order valence-electron chi connectivity index (χ4n) is 2.03. The van der Waals surface area contributed by atoms with Crippen LogP contribution in [0.5, 0.6) is 0 Å². The van der Waals surface area contributed by atoms with Crippen molar-refractivity contribution < 1.29 is 4.79 Å². The van der Waals surface area contributed by atoms with Gasteiger partial charge in [0.25, 0.3) is 0 Å². The first kappa shape index (κ1) is 11.9. The summed E-state index contributed by atoms with van der Waals surface area (Å²) in [6.07, 6.45) is 3.18. The maximum absolute atomic E-state index is 11.7. The maximum atomic E-state index is 11.7. The summed E-state index contributed by atoms with van der Waals surface area (Å²) in [6, 6.07) is -0.230. The Labute approximate surface area is 104 Å². The minimum absolute atomic E-state index is 0.0317. The molecule has 1 aromatic heterocycles. The third kappa shape index (κ3) is 2.26. The fourth-order valence-corrected chi connectivity index (χ4v) is 2.23. The quantitative estimate of drug-likeness (QED) is 0.801. The van der Waals surface area contributed by atoms with Crippen LogP contribution in [0.15, 0.2) is 6.20 Å². The van der Waals surface area contributed by atoms with Crippen LogP contribution < -0.4 is 16.0 Å². The second-order valence-corrected chi connectivity index (χ2v) is 4.27. The van der Waals surface area contributed by atoms with Crippen LogP contribution in [0, 0.1) is 0 Å². The molecule has 1 aliphatic heterocycles. The summed E-state index contributed by atoms with van der Waals surface area (Å²) < 4.78 is 0. The number of amides is 1. The molecule has 17 heavy (non-hydrogen) atoms. The number of aromatic nitrogens is 2. The molecule has 0 radical (unpaired) electrons. The van der Waals surface area contributed by atoms with Crippen molar-refractivity contribution >= 4 is 29.3 Å². The molecule has 1 aromatic rings. The zero-order valence-corrected chi connectivity index (χ0v) is 10.2. The Morgan fingerprint density at radius 2 is 2.47 bits per heavy atom. The Morgan fingerprint density at radius 3 is 3.18 bits per heavy atom. The Hall–Kier alpha value is -1.56. The Balaban J connectivity index is 2.32. The molecule has 1 saturated heterocycles. The number of halogens is 1. The van der Waals surface area contributed by atoms with Gasteiger partial charge in [-0.25, -0.2) is 4.98 Å². The van der Waals surface area contributed by atoms with Crippen molar-refractivity contribution in [3.05, 3.63) is 11.2 Å². The van der Waals surface area contributed by atoms with E-state index in [1.807, 2.05) is 4.90 Å². The number of rotatable bonds is 2. The number of likely N-dealkylation sites (N-methyl/N-ethyl adjacent to an activating group) is 1. The van der Waals surface area contributed by atoms with Crippen LogP contribution in [0.2, 0.25) is 5.02 Å². The van der Waals surface area contributed by atoms with Gasteiger partial charge < -0.3 is 16.0 Å². The van der Waals surface area contributed by atoms with E-state index in [1.165, 1.54) is 6.20 Å². The summed E-state index contributed by atoms with van der Waals surface area (Å²) in [5, 5.41) is 3.05. The van der Waals surface area contributed by atoms with Gasteiger partial charge in [-0.3, -0.25) is 4.79 Å². The van der Waals surface area contributed by atoms with Crippen molar-refractivity contribution in [2.75, 3.05) is 24.2 Å². The van der Waals surface area contributed by atoms with E-state index in [1.54, 1.807) is 7.05 Å². The van der Waals surface area contributed by atoms with Gasteiger partial charge >= 0.3 is 0 Å². The van der Waals surface area contributed by atoms with Gasteiger partial charge in [0.05, 0.1) is 6.20 Å². The van der Waals surface area contributed by atoms with E-state index in [9.17, 15) is 4.79 Å². The molecule has 6 nitrogen and oxygen atoms in total. The third-order valence-electron chi connectivity index (χ3n) is 2.82. The minimum atomic E-state index is -0.230. The average Bonchev–Trinajstić information content (AvgIpc) is 2.80. The van der Waals surface area contributed by atoms with Gasteiger partial charge in [-0.05, 0) is 12.8 Å². The number of nitrogens with one attached hydrogen (secondary N) is 1. The Morgan fingerprint density at radius 1 is 1.71 bits per heavy atom. The van der Waals surface area contributed by atoms with Gasteiger partial charge in [-0.1, -0.05) is 11.6 Å². The van der Waals surface area contributed by atoms with Crippen LogP contribution in [-0.4, -0.2) is 35.5 Å². The zero-order chi connectivity index (χ0) is 12.4. The molecule has 92 valence electrons. The molecular formula is C10H14ClN5O. The van der Waals surface area contributed by atoms with E-state index < -0.39 is 0 Å². The number of hydrogen-bond acceptors (Lipinski definition) is 5. The lowest BCUT2D eigenvalue weighted by molar-refractivity contribution is -0.121. The van der Waals surface area contributed by atoms with Crippen LogP contribution in [0.4, 0.5) is 11.8 Å². The summed E-state index contributed by atoms with van der Waals surface area (Å²) in [6.45, 7) is 0.744. The van der Waals surface area contributed by atoms with Crippen LogP contribution in [-0.2, 0) is 4.79 Å². The fraction of sp³-hybridized carbons (Fsp3) is 0.500. The number of anilines is 2. The molecule has 1 atom stereocenters. The maximum Gasteiger partial charge on any atom is 0.242 e. The predicted molar refractivity (Wildman–Crippen MR) is 65.9 cm³/mol. The van der Waals surface area contributed by atoms with Gasteiger partial charge in [0, 0.05) is 13.6 Å². The van der Waals surface area contributed by atoms with E-state index in [0.717, 1.165) is 19.4 Å². The lowest BCUT2D eigenvalue weighted by atomic mass is 10.2. The van der Waals surface area contributed by atoms with Crippen molar-refractivity contribution in [1.82, 2.24) is 15.3 Å². The van der Waals surface area contributed by atoms with Crippen molar-refractivity contribution in [3.63, 3.8) is 0 Å². The number of hydrogen-bond donors (Lipinski definition) is 2. The standard InChI is InChI=1S/C10H14ClN5O/c1-13-9(17)7-3-2-4-16(7)8-6(11)5-14-10(12)15-8/h5,7H,2-4H2,1H3,(H,13,17)(H2,12,14,15). The highest BCUT2D eigenvalue weighted by Gasteiger charge is 2.32. The molecule has 3 N–H and O–H groups in total. The van der Waals surface area contributed by atoms with Crippen molar-refractivity contribution in [1.29, 1.82) is 0 Å². The van der Waals surface area contributed by atoms with Crippen LogP contribution >= 0.6 is 11.6 Å². The number of carbonyl (C=O) groups is 1. The van der Waals surface area contributed by atoms with Crippen molar-refractivity contribution in [3.8, 4) is 0 Å². The summed E-state index contributed by atoms with van der Waals surface area (Å²) >= 11 is 6.04. The monoisotopic (exact) mass is 255 g/mol. The second kappa shape index (κ2) is 4.75. The first-order valence-corrected chi connectivity index (χ1v) is 5.77. The van der Waals surface area contributed by atoms with Gasteiger partial charge in [0.15, 0.2) is 5.82 Å². The SMILES string of the molecule is CNC(=O)C1CCCN1c1nc(N)ncc1Cl. The number of nitrogen functional groups attached to an aromatic ring is 1. The van der Waals surface area contributed by atoms with Crippen LogP contribution in [0.1, 0.15) is 12.8 Å². The number of carbonyl (C=O) groups excluding carboxylic acids is 1. The van der Waals surface area contributed by atoms with Gasteiger partial charge in [-0.15, -0.1) is 0 Å². The normalized spacial score (nSPS) is 19.4. The highest BCUT2D eigenvalue weighted by Crippen LogP contribution is 2.29. The third-order valence-corrected chi connectivity index (χ3v) is 3.08. The summed E-state index contributed by atoms with van der Waals surface area (Å²) in [7, 11) is 1.62. The van der Waals surface area contributed by atoms with E-state index in [-0.39, 0.29) is 17.9 Å². The van der Waals surface area contributed by atoms with E-state index in [0.29, 0.717) is 10.8 Å². The predicted octanol–water partition coefficient (Wildman–Crippen LogP) is 0.427. The Kier molecular flexibility index (Phi) is 3.33. The second-order valence-electron chi connectivity index (χ2n) is 3.87. The van der Waals surface area contributed by atoms with Gasteiger partial charge in [0.1, 0.15) is 11.1 Å².